The Kier molecular flexibility index (Phi) is 7.62. The van der Waals surface area contributed by atoms with E-state index in [0.717, 1.165) is 63.4 Å². The van der Waals surface area contributed by atoms with Crippen LogP contribution in [0, 0.1) is 23.7 Å². The van der Waals surface area contributed by atoms with E-state index in [1.165, 1.54) is 17.5 Å². The van der Waals surface area contributed by atoms with Crippen molar-refractivity contribution in [1.29, 1.82) is 0 Å². The number of nitrogens with one attached hydrogen (secondary N) is 1. The molecular weight excluding hydrogens is 404 g/mol. The van der Waals surface area contributed by atoms with Gasteiger partial charge in [-0.2, -0.15) is 0 Å². The lowest BCUT2D eigenvalue weighted by atomic mass is 9.74. The molecule has 3 aliphatic heterocycles. The van der Waals surface area contributed by atoms with Crippen molar-refractivity contribution in [2.75, 3.05) is 47.0 Å². The lowest BCUT2D eigenvalue weighted by Gasteiger charge is -2.47. The minimum atomic E-state index is -0.0154. The first-order chi connectivity index (χ1) is 15.5. The number of nitrogens with zero attached hydrogens (tertiary/aromatic N) is 1. The van der Waals surface area contributed by atoms with E-state index in [1.807, 2.05) is 0 Å². The van der Waals surface area contributed by atoms with Gasteiger partial charge in [-0.1, -0.05) is 13.8 Å². The average molecular weight is 445 g/mol. The molecule has 0 spiro atoms. The van der Waals surface area contributed by atoms with E-state index in [0.29, 0.717) is 30.4 Å². The van der Waals surface area contributed by atoms with Gasteiger partial charge in [-0.15, -0.1) is 0 Å². The molecule has 178 valence electrons. The number of piperidine rings is 2. The molecule has 0 saturated carbocycles. The Bertz CT molecular complexity index is 790. The Morgan fingerprint density at radius 3 is 2.66 bits per heavy atom. The Morgan fingerprint density at radius 2 is 1.97 bits per heavy atom. The summed E-state index contributed by atoms with van der Waals surface area (Å²) in [6, 6.07) is 4.67. The van der Waals surface area contributed by atoms with Gasteiger partial charge in [0, 0.05) is 25.7 Å². The van der Waals surface area contributed by atoms with Crippen molar-refractivity contribution in [3.8, 4) is 11.5 Å². The van der Waals surface area contributed by atoms with Crippen LogP contribution in [0.15, 0.2) is 12.1 Å². The number of hydrogen-bond acceptors (Lipinski definition) is 6. The van der Waals surface area contributed by atoms with E-state index in [9.17, 15) is 4.79 Å². The maximum atomic E-state index is 12.7. The van der Waals surface area contributed by atoms with E-state index in [1.54, 1.807) is 14.2 Å². The fourth-order valence-electron chi connectivity index (χ4n) is 5.94. The number of carbonyl (C=O) groups excluding carboxylic acids is 1. The molecule has 6 heteroatoms. The van der Waals surface area contributed by atoms with Gasteiger partial charge in [-0.25, -0.2) is 0 Å². The minimum Gasteiger partial charge on any atom is -0.493 e. The van der Waals surface area contributed by atoms with Gasteiger partial charge in [0.05, 0.1) is 26.7 Å². The van der Waals surface area contributed by atoms with Gasteiger partial charge in [-0.3, -0.25) is 9.69 Å². The second-order valence-corrected chi connectivity index (χ2v) is 10.2. The van der Waals surface area contributed by atoms with E-state index in [4.69, 9.17) is 14.2 Å². The van der Waals surface area contributed by atoms with Crippen LogP contribution in [0.5, 0.6) is 11.5 Å². The largest absolute Gasteiger partial charge is 0.493 e. The topological polar surface area (TPSA) is 60.0 Å². The Morgan fingerprint density at radius 1 is 1.19 bits per heavy atom. The Balaban J connectivity index is 1.51. The van der Waals surface area contributed by atoms with Crippen LogP contribution in [0.4, 0.5) is 0 Å². The van der Waals surface area contributed by atoms with Crippen LogP contribution in [0.25, 0.3) is 0 Å². The normalized spacial score (nSPS) is 28.0. The maximum Gasteiger partial charge on any atom is 0.310 e. The van der Waals surface area contributed by atoms with Gasteiger partial charge >= 0.3 is 5.97 Å². The molecule has 1 aromatic carbocycles. The first kappa shape index (κ1) is 23.4. The van der Waals surface area contributed by atoms with Gasteiger partial charge in [-0.05, 0) is 79.7 Å². The molecule has 3 heterocycles. The number of methoxy groups -OCH3 is 2. The molecule has 0 radical (unpaired) electrons. The van der Waals surface area contributed by atoms with Gasteiger partial charge in [0.25, 0.3) is 0 Å². The standard InChI is InChI=1S/C26H40N2O4/c1-17(2)10-20-15-28-9-7-18-12-24(30-3)25(31-4)13-22(18)23(28)11-21(20)16-32-26(29)19-6-5-8-27-14-19/h12-13,17,19-21,23,27H,5-11,14-16H2,1-4H3/t19-,20-,21+,23-/m1/s1. The molecule has 4 atom stereocenters. The second-order valence-electron chi connectivity index (χ2n) is 10.2. The Hall–Kier alpha value is -1.79. The third-order valence-electron chi connectivity index (χ3n) is 7.62. The molecular formula is C26H40N2O4. The van der Waals surface area contributed by atoms with Crippen molar-refractivity contribution in [2.24, 2.45) is 23.7 Å². The van der Waals surface area contributed by atoms with Crippen molar-refractivity contribution >= 4 is 5.97 Å². The summed E-state index contributed by atoms with van der Waals surface area (Å²) in [6.07, 6.45) is 5.23. The molecule has 6 nitrogen and oxygen atoms in total. The van der Waals surface area contributed by atoms with Crippen LogP contribution >= 0.6 is 0 Å². The third kappa shape index (κ3) is 5.07. The summed E-state index contributed by atoms with van der Waals surface area (Å²) in [5.41, 5.74) is 2.71. The highest BCUT2D eigenvalue weighted by Gasteiger charge is 2.40. The molecule has 0 aromatic heterocycles. The van der Waals surface area contributed by atoms with Gasteiger partial charge < -0.3 is 19.5 Å². The fraction of sp³-hybridized carbons (Fsp3) is 0.731. The number of rotatable bonds is 7. The van der Waals surface area contributed by atoms with Crippen LogP contribution in [0.1, 0.15) is 56.7 Å². The zero-order valence-corrected chi connectivity index (χ0v) is 20.2. The van der Waals surface area contributed by atoms with Crippen molar-refractivity contribution in [3.63, 3.8) is 0 Å². The van der Waals surface area contributed by atoms with Crippen LogP contribution < -0.4 is 14.8 Å². The van der Waals surface area contributed by atoms with Crippen molar-refractivity contribution in [1.82, 2.24) is 10.2 Å². The average Bonchev–Trinajstić information content (AvgIpc) is 2.81. The number of esters is 1. The third-order valence-corrected chi connectivity index (χ3v) is 7.62. The highest BCUT2D eigenvalue weighted by molar-refractivity contribution is 5.72. The van der Waals surface area contributed by atoms with Crippen LogP contribution in [0.3, 0.4) is 0 Å². The smallest absolute Gasteiger partial charge is 0.310 e. The fourth-order valence-corrected chi connectivity index (χ4v) is 5.94. The predicted molar refractivity (Wildman–Crippen MR) is 125 cm³/mol. The molecule has 0 amide bonds. The summed E-state index contributed by atoms with van der Waals surface area (Å²) in [5, 5.41) is 3.33. The quantitative estimate of drug-likeness (QED) is 0.645. The van der Waals surface area contributed by atoms with E-state index < -0.39 is 0 Å². The molecule has 1 N–H and O–H groups in total. The second kappa shape index (κ2) is 10.4. The van der Waals surface area contributed by atoms with Crippen LogP contribution in [-0.2, 0) is 16.0 Å². The van der Waals surface area contributed by atoms with Crippen LogP contribution in [0.2, 0.25) is 0 Å². The number of fused-ring (bicyclic) bond motifs is 3. The Labute approximate surface area is 193 Å². The number of carbonyl (C=O) groups is 1. The lowest BCUT2D eigenvalue weighted by molar-refractivity contribution is -0.152. The van der Waals surface area contributed by atoms with Gasteiger partial charge in [0.2, 0.25) is 0 Å². The summed E-state index contributed by atoms with van der Waals surface area (Å²) >= 11 is 0. The number of benzene rings is 1. The molecule has 32 heavy (non-hydrogen) atoms. The summed E-state index contributed by atoms with van der Waals surface area (Å²) < 4.78 is 17.1. The zero-order valence-electron chi connectivity index (χ0n) is 20.2. The summed E-state index contributed by atoms with van der Waals surface area (Å²) in [5.74, 6) is 3.19. The molecule has 0 unspecified atom stereocenters. The van der Waals surface area contributed by atoms with Gasteiger partial charge in [0.15, 0.2) is 11.5 Å². The summed E-state index contributed by atoms with van der Waals surface area (Å²) in [7, 11) is 3.40. The molecule has 4 rings (SSSR count). The summed E-state index contributed by atoms with van der Waals surface area (Å²) in [6.45, 7) is 9.04. The molecule has 3 aliphatic rings. The monoisotopic (exact) mass is 444 g/mol. The lowest BCUT2D eigenvalue weighted by Crippen LogP contribution is -2.47. The molecule has 2 saturated heterocycles. The molecule has 2 fully saturated rings. The molecule has 0 bridgehead atoms. The summed E-state index contributed by atoms with van der Waals surface area (Å²) in [4.78, 5) is 15.3. The van der Waals surface area contributed by atoms with E-state index >= 15 is 0 Å². The predicted octanol–water partition coefficient (Wildman–Crippen LogP) is 3.83. The van der Waals surface area contributed by atoms with Crippen molar-refractivity contribution in [3.05, 3.63) is 23.3 Å². The number of hydrogen-bond donors (Lipinski definition) is 1. The highest BCUT2D eigenvalue weighted by Crippen LogP contribution is 2.45. The first-order valence-corrected chi connectivity index (χ1v) is 12.4. The molecule has 1 aromatic rings. The van der Waals surface area contributed by atoms with Crippen molar-refractivity contribution in [2.45, 2.75) is 52.0 Å². The highest BCUT2D eigenvalue weighted by atomic mass is 16.5. The SMILES string of the molecule is COc1cc2c(cc1OC)[C@H]1C[C@@H](COC(=O)[C@@H]3CCCNC3)[C@H](CC(C)C)CN1CC2. The first-order valence-electron chi connectivity index (χ1n) is 12.4. The molecule has 0 aliphatic carbocycles. The maximum absolute atomic E-state index is 12.7. The van der Waals surface area contributed by atoms with Gasteiger partial charge in [0.1, 0.15) is 0 Å². The minimum absolute atomic E-state index is 0.0134. The van der Waals surface area contributed by atoms with Crippen LogP contribution in [-0.4, -0.2) is 57.9 Å². The zero-order chi connectivity index (χ0) is 22.7. The number of ether oxygens (including phenoxy) is 3. The van der Waals surface area contributed by atoms with E-state index in [-0.39, 0.29) is 11.9 Å². The van der Waals surface area contributed by atoms with Crippen molar-refractivity contribution < 1.29 is 19.0 Å². The van der Waals surface area contributed by atoms with E-state index in [2.05, 4.69) is 36.2 Å².